The fourth-order valence-electron chi connectivity index (χ4n) is 4.64. The number of carboxylic acid groups (broad SMARTS) is 1. The summed E-state index contributed by atoms with van der Waals surface area (Å²) in [5.74, 6) is 0.662. The van der Waals surface area contributed by atoms with Crippen LogP contribution >= 0.6 is 11.3 Å². The highest BCUT2D eigenvalue weighted by Gasteiger charge is 2.20. The van der Waals surface area contributed by atoms with Gasteiger partial charge in [0.05, 0.1) is 6.61 Å². The molecular weight excluding hydrogens is 542 g/mol. The van der Waals surface area contributed by atoms with Gasteiger partial charge in [-0.2, -0.15) is 0 Å². The summed E-state index contributed by atoms with van der Waals surface area (Å²) in [6, 6.07) is 19.4. The van der Waals surface area contributed by atoms with Crippen LogP contribution in [-0.4, -0.2) is 33.7 Å². The molecule has 222 valence electrons. The third-order valence-corrected chi connectivity index (χ3v) is 8.74. The van der Waals surface area contributed by atoms with Crippen LogP contribution in [-0.2, 0) is 23.2 Å². The SMILES string of the molecule is CCCCCCCOc1ccc(-c2cnc(-c3ccc(CC(NCc4ccc(C(C)(C)C)s4)C(=O)O)cc3)nc2)cc1. The molecule has 0 spiro atoms. The van der Waals surface area contributed by atoms with Gasteiger partial charge in [0, 0.05) is 39.8 Å². The summed E-state index contributed by atoms with van der Waals surface area (Å²) in [5.41, 5.74) is 3.91. The van der Waals surface area contributed by atoms with Gasteiger partial charge in [-0.25, -0.2) is 9.97 Å². The maximum atomic E-state index is 12.0. The molecule has 0 aliphatic carbocycles. The lowest BCUT2D eigenvalue weighted by molar-refractivity contribution is -0.139. The van der Waals surface area contributed by atoms with E-state index in [1.807, 2.05) is 60.9 Å². The van der Waals surface area contributed by atoms with Gasteiger partial charge < -0.3 is 9.84 Å². The van der Waals surface area contributed by atoms with E-state index in [1.54, 1.807) is 11.3 Å². The Hall–Kier alpha value is -3.55. The monoisotopic (exact) mass is 585 g/mol. The van der Waals surface area contributed by atoms with Gasteiger partial charge in [0.2, 0.25) is 0 Å². The van der Waals surface area contributed by atoms with Gasteiger partial charge in [-0.15, -0.1) is 11.3 Å². The van der Waals surface area contributed by atoms with Crippen molar-refractivity contribution in [3.05, 3.63) is 88.4 Å². The van der Waals surface area contributed by atoms with Crippen molar-refractivity contribution in [3.63, 3.8) is 0 Å². The highest BCUT2D eigenvalue weighted by molar-refractivity contribution is 7.12. The fourth-order valence-corrected chi connectivity index (χ4v) is 5.65. The molecule has 0 fully saturated rings. The number of hydrogen-bond acceptors (Lipinski definition) is 6. The minimum absolute atomic E-state index is 0.0919. The number of aliphatic carboxylic acids is 1. The molecule has 4 aromatic rings. The molecule has 0 saturated heterocycles. The van der Waals surface area contributed by atoms with E-state index in [-0.39, 0.29) is 5.41 Å². The van der Waals surface area contributed by atoms with Gasteiger partial charge in [0.1, 0.15) is 11.8 Å². The third-order valence-electron chi connectivity index (χ3n) is 7.23. The lowest BCUT2D eigenvalue weighted by Gasteiger charge is -2.16. The number of ether oxygens (including phenoxy) is 1. The van der Waals surface area contributed by atoms with Gasteiger partial charge in [-0.05, 0) is 53.6 Å². The Morgan fingerprint density at radius 3 is 2.17 bits per heavy atom. The first-order valence-electron chi connectivity index (χ1n) is 14.9. The third kappa shape index (κ3) is 9.23. The van der Waals surface area contributed by atoms with Crippen LogP contribution in [0.25, 0.3) is 22.5 Å². The highest BCUT2D eigenvalue weighted by atomic mass is 32.1. The number of thiophene rings is 1. The van der Waals surface area contributed by atoms with E-state index in [9.17, 15) is 9.90 Å². The molecule has 4 rings (SSSR count). The molecule has 2 aromatic heterocycles. The van der Waals surface area contributed by atoms with Crippen LogP contribution in [0.15, 0.2) is 73.1 Å². The zero-order valence-electron chi connectivity index (χ0n) is 25.2. The maximum absolute atomic E-state index is 12.0. The molecule has 0 radical (unpaired) electrons. The lowest BCUT2D eigenvalue weighted by Crippen LogP contribution is -2.37. The van der Waals surface area contributed by atoms with Crippen molar-refractivity contribution in [2.75, 3.05) is 6.61 Å². The molecule has 6 nitrogen and oxygen atoms in total. The first-order chi connectivity index (χ1) is 20.2. The number of unbranched alkanes of at least 4 members (excludes halogenated alkanes) is 4. The zero-order valence-corrected chi connectivity index (χ0v) is 26.0. The van der Waals surface area contributed by atoms with E-state index < -0.39 is 12.0 Å². The molecule has 0 amide bonds. The minimum Gasteiger partial charge on any atom is -0.494 e. The Morgan fingerprint density at radius 1 is 0.881 bits per heavy atom. The minimum atomic E-state index is -0.854. The summed E-state index contributed by atoms with van der Waals surface area (Å²) >= 11 is 1.73. The lowest BCUT2D eigenvalue weighted by atomic mass is 9.95. The number of nitrogens with one attached hydrogen (secondary N) is 1. The molecule has 42 heavy (non-hydrogen) atoms. The van der Waals surface area contributed by atoms with E-state index in [0.717, 1.165) is 45.9 Å². The molecule has 2 N–H and O–H groups in total. The molecule has 0 saturated carbocycles. The second-order valence-corrected chi connectivity index (χ2v) is 12.9. The normalized spacial score (nSPS) is 12.3. The van der Waals surface area contributed by atoms with E-state index in [4.69, 9.17) is 4.74 Å². The first-order valence-corrected chi connectivity index (χ1v) is 15.7. The number of rotatable bonds is 15. The van der Waals surface area contributed by atoms with Crippen LogP contribution in [0, 0.1) is 0 Å². The molecule has 2 aromatic carbocycles. The van der Waals surface area contributed by atoms with Crippen molar-refractivity contribution < 1.29 is 14.6 Å². The number of carboxylic acids is 1. The molecule has 0 aliphatic heterocycles. The molecular formula is C35H43N3O3S. The number of carbonyl (C=O) groups is 1. The topological polar surface area (TPSA) is 84.3 Å². The van der Waals surface area contributed by atoms with Crippen molar-refractivity contribution in [2.45, 2.75) is 84.2 Å². The van der Waals surface area contributed by atoms with Crippen molar-refractivity contribution in [1.82, 2.24) is 15.3 Å². The van der Waals surface area contributed by atoms with E-state index in [2.05, 4.69) is 55.1 Å². The van der Waals surface area contributed by atoms with E-state index >= 15 is 0 Å². The first kappa shape index (κ1) is 31.4. The van der Waals surface area contributed by atoms with Crippen molar-refractivity contribution in [3.8, 4) is 28.3 Å². The fraction of sp³-hybridized carbons (Fsp3) is 0.400. The second kappa shape index (κ2) is 15.1. The van der Waals surface area contributed by atoms with Crippen molar-refractivity contribution in [1.29, 1.82) is 0 Å². The average Bonchev–Trinajstić information content (AvgIpc) is 3.48. The zero-order chi connectivity index (χ0) is 30.0. The predicted molar refractivity (Wildman–Crippen MR) is 172 cm³/mol. The molecule has 0 aliphatic rings. The highest BCUT2D eigenvalue weighted by Crippen LogP contribution is 2.29. The molecule has 1 unspecified atom stereocenters. The van der Waals surface area contributed by atoms with Gasteiger partial charge >= 0.3 is 5.97 Å². The Kier molecular flexibility index (Phi) is 11.3. The number of hydrogen-bond donors (Lipinski definition) is 2. The Labute approximate surface area is 254 Å². The Morgan fingerprint density at radius 2 is 1.55 bits per heavy atom. The largest absolute Gasteiger partial charge is 0.494 e. The smallest absolute Gasteiger partial charge is 0.321 e. The van der Waals surface area contributed by atoms with Gasteiger partial charge in [0.15, 0.2) is 5.82 Å². The quantitative estimate of drug-likeness (QED) is 0.137. The van der Waals surface area contributed by atoms with Crippen molar-refractivity contribution in [2.24, 2.45) is 0 Å². The van der Waals surface area contributed by atoms with Crippen molar-refractivity contribution >= 4 is 17.3 Å². The molecule has 1 atom stereocenters. The second-order valence-electron chi connectivity index (χ2n) is 11.8. The van der Waals surface area contributed by atoms with Crippen LogP contribution in [0.3, 0.4) is 0 Å². The summed E-state index contributed by atoms with van der Waals surface area (Å²) in [6.45, 7) is 10.1. The summed E-state index contributed by atoms with van der Waals surface area (Å²) in [7, 11) is 0. The summed E-state index contributed by atoms with van der Waals surface area (Å²) in [4.78, 5) is 23.6. The van der Waals surface area contributed by atoms with Gasteiger partial charge in [-0.1, -0.05) is 89.8 Å². The van der Waals surface area contributed by atoms with Crippen LogP contribution < -0.4 is 10.1 Å². The van der Waals surface area contributed by atoms with Gasteiger partial charge in [-0.3, -0.25) is 10.1 Å². The van der Waals surface area contributed by atoms with Crippen LogP contribution in [0.4, 0.5) is 0 Å². The maximum Gasteiger partial charge on any atom is 0.321 e. The average molecular weight is 586 g/mol. The molecule has 0 bridgehead atoms. The van der Waals surface area contributed by atoms with E-state index in [0.29, 0.717) is 18.8 Å². The summed E-state index contributed by atoms with van der Waals surface area (Å²) in [5, 5.41) is 13.0. The van der Waals surface area contributed by atoms with Crippen LogP contribution in [0.1, 0.15) is 75.1 Å². The summed E-state index contributed by atoms with van der Waals surface area (Å²) < 4.78 is 5.88. The Bertz CT molecular complexity index is 1390. The van der Waals surface area contributed by atoms with Crippen LogP contribution in [0.2, 0.25) is 0 Å². The standard InChI is InChI=1S/C35H43N3O3S/c1-5-6-7-8-9-20-41-29-16-14-26(15-17-29)28-22-37-33(38-23-28)27-12-10-25(11-13-27)21-31(34(39)40)36-24-30-18-19-32(42-30)35(2,3)4/h10-19,22-23,31,36H,5-9,20-21,24H2,1-4H3,(H,39,40). The predicted octanol–water partition coefficient (Wildman–Crippen LogP) is 8.30. The van der Waals surface area contributed by atoms with Gasteiger partial charge in [0.25, 0.3) is 0 Å². The van der Waals surface area contributed by atoms with Crippen LogP contribution in [0.5, 0.6) is 5.75 Å². The molecule has 2 heterocycles. The molecule has 7 heteroatoms. The Balaban J connectivity index is 1.30. The van der Waals surface area contributed by atoms with E-state index in [1.165, 1.54) is 30.6 Å². The number of nitrogens with zero attached hydrogens (tertiary/aromatic N) is 2. The number of benzene rings is 2. The number of aromatic nitrogens is 2. The summed E-state index contributed by atoms with van der Waals surface area (Å²) in [6.07, 6.45) is 10.2.